The molecule has 0 radical (unpaired) electrons. The molecule has 1 aliphatic rings. The number of para-hydroxylation sites is 1. The summed E-state index contributed by atoms with van der Waals surface area (Å²) in [4.78, 5) is 15.3. The molecule has 0 bridgehead atoms. The summed E-state index contributed by atoms with van der Waals surface area (Å²) in [7, 11) is 1.60. The number of carbonyl (C=O) groups is 1. The summed E-state index contributed by atoms with van der Waals surface area (Å²) in [5.74, 6) is 1.18. The SMILES string of the molecule is CCOc1c(/C=C2/SC(=S)N([C@H](C)c3ccccc3)C2=O)cccc1OC. The predicted octanol–water partition coefficient (Wildman–Crippen LogP) is 5.06. The molecule has 0 aromatic heterocycles. The number of hydrogen-bond donors (Lipinski definition) is 0. The highest BCUT2D eigenvalue weighted by Gasteiger charge is 2.36. The van der Waals surface area contributed by atoms with Crippen LogP contribution in [0.1, 0.15) is 31.0 Å². The summed E-state index contributed by atoms with van der Waals surface area (Å²) >= 11 is 6.80. The highest BCUT2D eigenvalue weighted by atomic mass is 32.2. The van der Waals surface area contributed by atoms with Gasteiger partial charge in [0.15, 0.2) is 11.5 Å². The standard InChI is InChI=1S/C21H21NO3S2/c1-4-25-19-16(11-8-12-17(19)24-3)13-18-20(23)22(21(26)27-18)14(2)15-9-6-5-7-10-15/h5-14H,4H2,1-3H3/b18-13+/t14-/m1/s1. The number of rotatable bonds is 6. The molecule has 1 amide bonds. The average Bonchev–Trinajstić information content (AvgIpc) is 2.96. The Labute approximate surface area is 169 Å². The van der Waals surface area contributed by atoms with E-state index in [1.54, 1.807) is 12.0 Å². The molecule has 6 heteroatoms. The third kappa shape index (κ3) is 4.01. The van der Waals surface area contributed by atoms with Crippen LogP contribution in [0.3, 0.4) is 0 Å². The fraction of sp³-hybridized carbons (Fsp3) is 0.238. The van der Waals surface area contributed by atoms with Crippen LogP contribution in [0.4, 0.5) is 0 Å². The number of hydrogen-bond acceptors (Lipinski definition) is 5. The fourth-order valence-corrected chi connectivity index (χ4v) is 4.35. The van der Waals surface area contributed by atoms with Gasteiger partial charge in [-0.3, -0.25) is 9.69 Å². The third-order valence-electron chi connectivity index (χ3n) is 4.30. The van der Waals surface area contributed by atoms with E-state index in [0.29, 0.717) is 27.3 Å². The second-order valence-electron chi connectivity index (χ2n) is 5.95. The minimum Gasteiger partial charge on any atom is -0.493 e. The quantitative estimate of drug-likeness (QED) is 0.502. The van der Waals surface area contributed by atoms with Crippen LogP contribution in [-0.4, -0.2) is 28.8 Å². The minimum atomic E-state index is -0.124. The number of benzene rings is 2. The summed E-state index contributed by atoms with van der Waals surface area (Å²) in [5, 5.41) is 0. The van der Waals surface area contributed by atoms with Gasteiger partial charge in [0.05, 0.1) is 24.7 Å². The van der Waals surface area contributed by atoms with Crippen LogP contribution < -0.4 is 9.47 Å². The molecule has 1 aliphatic heterocycles. The molecule has 3 rings (SSSR count). The van der Waals surface area contributed by atoms with Gasteiger partial charge in [-0.25, -0.2) is 0 Å². The Hall–Kier alpha value is -2.31. The molecular formula is C21H21NO3S2. The molecule has 0 unspecified atom stereocenters. The Morgan fingerprint density at radius 1 is 1.19 bits per heavy atom. The molecule has 2 aromatic carbocycles. The topological polar surface area (TPSA) is 38.8 Å². The number of amides is 1. The molecule has 4 nitrogen and oxygen atoms in total. The van der Waals surface area contributed by atoms with Crippen molar-refractivity contribution in [2.24, 2.45) is 0 Å². The van der Waals surface area contributed by atoms with E-state index in [2.05, 4.69) is 0 Å². The summed E-state index contributed by atoms with van der Waals surface area (Å²) in [6, 6.07) is 15.4. The summed E-state index contributed by atoms with van der Waals surface area (Å²) in [6.45, 7) is 4.41. The Morgan fingerprint density at radius 2 is 1.93 bits per heavy atom. The first-order chi connectivity index (χ1) is 13.1. The lowest BCUT2D eigenvalue weighted by Gasteiger charge is -2.23. The largest absolute Gasteiger partial charge is 0.493 e. The summed E-state index contributed by atoms with van der Waals surface area (Å²) in [5.41, 5.74) is 1.84. The maximum atomic E-state index is 13.0. The van der Waals surface area contributed by atoms with Crippen molar-refractivity contribution < 1.29 is 14.3 Å². The molecule has 0 N–H and O–H groups in total. The zero-order valence-corrected chi connectivity index (χ0v) is 17.1. The van der Waals surface area contributed by atoms with Crippen molar-refractivity contribution in [1.29, 1.82) is 0 Å². The number of methoxy groups -OCH3 is 1. The molecular weight excluding hydrogens is 378 g/mol. The van der Waals surface area contributed by atoms with Crippen molar-refractivity contribution in [3.8, 4) is 11.5 Å². The van der Waals surface area contributed by atoms with E-state index in [1.807, 2.05) is 68.5 Å². The normalized spacial score (nSPS) is 16.7. The van der Waals surface area contributed by atoms with Gasteiger partial charge >= 0.3 is 0 Å². The van der Waals surface area contributed by atoms with E-state index in [1.165, 1.54) is 11.8 Å². The minimum absolute atomic E-state index is 0.0911. The zero-order valence-electron chi connectivity index (χ0n) is 15.5. The van der Waals surface area contributed by atoms with Crippen molar-refractivity contribution in [3.05, 3.63) is 64.6 Å². The van der Waals surface area contributed by atoms with Crippen LogP contribution >= 0.6 is 24.0 Å². The van der Waals surface area contributed by atoms with E-state index in [9.17, 15) is 4.79 Å². The van der Waals surface area contributed by atoms with Crippen LogP contribution in [0, 0.1) is 0 Å². The zero-order chi connectivity index (χ0) is 19.4. The lowest BCUT2D eigenvalue weighted by atomic mass is 10.1. The Kier molecular flexibility index (Phi) is 6.19. The Balaban J connectivity index is 1.93. The number of thioether (sulfide) groups is 1. The Bertz CT molecular complexity index is 880. The summed E-state index contributed by atoms with van der Waals surface area (Å²) < 4.78 is 11.7. The summed E-state index contributed by atoms with van der Waals surface area (Å²) in [6.07, 6.45) is 1.82. The maximum absolute atomic E-state index is 13.0. The first kappa shape index (κ1) is 19.5. The molecule has 2 aromatic rings. The lowest BCUT2D eigenvalue weighted by Crippen LogP contribution is -2.30. The molecule has 140 valence electrons. The van der Waals surface area contributed by atoms with Gasteiger partial charge in [0, 0.05) is 5.56 Å². The van der Waals surface area contributed by atoms with Gasteiger partial charge in [0.2, 0.25) is 0 Å². The fourth-order valence-electron chi connectivity index (χ4n) is 2.94. The molecule has 1 atom stereocenters. The van der Waals surface area contributed by atoms with E-state index < -0.39 is 0 Å². The highest BCUT2D eigenvalue weighted by Crippen LogP contribution is 2.40. The first-order valence-electron chi connectivity index (χ1n) is 8.68. The van der Waals surface area contributed by atoms with Gasteiger partial charge in [-0.05, 0) is 31.6 Å². The highest BCUT2D eigenvalue weighted by molar-refractivity contribution is 8.26. The van der Waals surface area contributed by atoms with Crippen molar-refractivity contribution in [2.45, 2.75) is 19.9 Å². The van der Waals surface area contributed by atoms with Gasteiger partial charge in [-0.1, -0.05) is 66.4 Å². The first-order valence-corrected chi connectivity index (χ1v) is 9.91. The van der Waals surface area contributed by atoms with E-state index in [4.69, 9.17) is 21.7 Å². The lowest BCUT2D eigenvalue weighted by molar-refractivity contribution is -0.123. The maximum Gasteiger partial charge on any atom is 0.266 e. The third-order valence-corrected chi connectivity index (χ3v) is 5.63. The number of thiocarbonyl (C=S) groups is 1. The molecule has 27 heavy (non-hydrogen) atoms. The molecule has 0 spiro atoms. The number of nitrogens with zero attached hydrogens (tertiary/aromatic N) is 1. The van der Waals surface area contributed by atoms with Crippen LogP contribution in [0.25, 0.3) is 6.08 Å². The van der Waals surface area contributed by atoms with Crippen molar-refractivity contribution in [1.82, 2.24) is 4.90 Å². The second-order valence-corrected chi connectivity index (χ2v) is 7.63. The van der Waals surface area contributed by atoms with Crippen LogP contribution in [0.15, 0.2) is 53.4 Å². The van der Waals surface area contributed by atoms with E-state index in [0.717, 1.165) is 11.1 Å². The number of ether oxygens (including phenoxy) is 2. The molecule has 0 aliphatic carbocycles. The van der Waals surface area contributed by atoms with E-state index >= 15 is 0 Å². The molecule has 1 fully saturated rings. The monoisotopic (exact) mass is 399 g/mol. The molecule has 0 saturated carbocycles. The van der Waals surface area contributed by atoms with Crippen LogP contribution in [0.5, 0.6) is 11.5 Å². The van der Waals surface area contributed by atoms with Crippen molar-refractivity contribution >= 4 is 40.3 Å². The van der Waals surface area contributed by atoms with Gasteiger partial charge in [-0.15, -0.1) is 0 Å². The predicted molar refractivity (Wildman–Crippen MR) is 114 cm³/mol. The van der Waals surface area contributed by atoms with Gasteiger partial charge in [0.1, 0.15) is 4.32 Å². The van der Waals surface area contributed by atoms with Crippen LogP contribution in [-0.2, 0) is 4.79 Å². The Morgan fingerprint density at radius 3 is 2.59 bits per heavy atom. The smallest absolute Gasteiger partial charge is 0.266 e. The number of carbonyl (C=O) groups excluding carboxylic acids is 1. The second kappa shape index (κ2) is 8.59. The average molecular weight is 400 g/mol. The van der Waals surface area contributed by atoms with Crippen molar-refractivity contribution in [3.63, 3.8) is 0 Å². The van der Waals surface area contributed by atoms with Gasteiger partial charge in [-0.2, -0.15) is 0 Å². The van der Waals surface area contributed by atoms with Gasteiger partial charge in [0.25, 0.3) is 5.91 Å². The molecule has 1 saturated heterocycles. The van der Waals surface area contributed by atoms with Crippen LogP contribution in [0.2, 0.25) is 0 Å². The van der Waals surface area contributed by atoms with E-state index in [-0.39, 0.29) is 11.9 Å². The van der Waals surface area contributed by atoms with Crippen molar-refractivity contribution in [2.75, 3.05) is 13.7 Å². The molecule has 1 heterocycles. The van der Waals surface area contributed by atoms with Gasteiger partial charge < -0.3 is 9.47 Å².